The largest absolute Gasteiger partial charge is 0.404 e. The number of fused-ring (bicyclic) bond motifs is 1. The van der Waals surface area contributed by atoms with Gasteiger partial charge in [0.15, 0.2) is 6.23 Å². The molecule has 0 aliphatic carbocycles. The van der Waals surface area contributed by atoms with Gasteiger partial charge in [0.2, 0.25) is 0 Å². The third-order valence-corrected chi connectivity index (χ3v) is 14.1. The van der Waals surface area contributed by atoms with Crippen molar-refractivity contribution in [1.82, 2.24) is 9.55 Å². The van der Waals surface area contributed by atoms with E-state index in [0.29, 0.717) is 0 Å². The molecule has 0 saturated carbocycles. The van der Waals surface area contributed by atoms with Crippen LogP contribution in [0.15, 0.2) is 125 Å². The molecule has 5 aromatic rings. The van der Waals surface area contributed by atoms with Gasteiger partial charge < -0.3 is 24.1 Å². The highest BCUT2D eigenvalue weighted by Gasteiger charge is 2.59. The number of rotatable bonds is 10. The molecule has 1 aliphatic rings. The summed E-state index contributed by atoms with van der Waals surface area (Å²) in [6.45, 7) is 5.81. The lowest BCUT2D eigenvalue weighted by atomic mass is 9.96. The average molecular weight is 653 g/mol. The Hall–Kier alpha value is -4.16. The number of nitrogens with zero attached hydrogens (tertiary/aromatic N) is 1. The van der Waals surface area contributed by atoms with Gasteiger partial charge in [0.25, 0.3) is 13.9 Å². The Kier molecular flexibility index (Phi) is 9.17. The van der Waals surface area contributed by atoms with Crippen molar-refractivity contribution in [2.24, 2.45) is 0 Å². The van der Waals surface area contributed by atoms with E-state index in [0.717, 1.165) is 31.3 Å². The SMILES string of the molecule is CC(C)(C)[Si](OC[C@]1(CO)O[C@H](n2ccc(=O)[nH]c2=O)C(O)C1OCc1cccc2ccccc12)(c1ccccc1)c1ccccc1. The first kappa shape index (κ1) is 32.8. The van der Waals surface area contributed by atoms with E-state index in [1.54, 1.807) is 0 Å². The maximum atomic E-state index is 12.9. The summed E-state index contributed by atoms with van der Waals surface area (Å²) in [6.07, 6.45) is -2.52. The summed E-state index contributed by atoms with van der Waals surface area (Å²) in [4.78, 5) is 27.0. The zero-order chi connectivity index (χ0) is 33.2. The van der Waals surface area contributed by atoms with E-state index < -0.39 is 50.2 Å². The van der Waals surface area contributed by atoms with E-state index in [9.17, 15) is 19.8 Å². The van der Waals surface area contributed by atoms with Crippen molar-refractivity contribution in [3.8, 4) is 0 Å². The zero-order valence-corrected chi connectivity index (χ0v) is 27.7. The van der Waals surface area contributed by atoms with Gasteiger partial charge in [-0.1, -0.05) is 124 Å². The quantitative estimate of drug-likeness (QED) is 0.198. The second-order valence-corrected chi connectivity index (χ2v) is 17.4. The number of nitrogens with one attached hydrogen (secondary N) is 1. The summed E-state index contributed by atoms with van der Waals surface area (Å²) in [5, 5.41) is 26.7. The number of aromatic amines is 1. The highest BCUT2D eigenvalue weighted by Crippen LogP contribution is 2.42. The van der Waals surface area contributed by atoms with Gasteiger partial charge in [-0.05, 0) is 31.7 Å². The number of ether oxygens (including phenoxy) is 2. The van der Waals surface area contributed by atoms with Crippen LogP contribution < -0.4 is 21.6 Å². The first-order valence-corrected chi connectivity index (χ1v) is 17.6. The Morgan fingerprint density at radius 2 is 1.49 bits per heavy atom. The van der Waals surface area contributed by atoms with E-state index in [2.05, 4.69) is 50.0 Å². The van der Waals surface area contributed by atoms with Crippen molar-refractivity contribution in [3.05, 3.63) is 142 Å². The molecule has 1 aliphatic heterocycles. The van der Waals surface area contributed by atoms with Crippen molar-refractivity contribution in [1.29, 1.82) is 0 Å². The Bertz CT molecular complexity index is 1900. The molecule has 1 saturated heterocycles. The second-order valence-electron chi connectivity index (χ2n) is 13.1. The van der Waals surface area contributed by atoms with Gasteiger partial charge in [-0.25, -0.2) is 4.79 Å². The lowest BCUT2D eigenvalue weighted by Crippen LogP contribution is -2.68. The number of aliphatic hydroxyl groups is 2. The molecule has 0 radical (unpaired) electrons. The predicted octanol–water partition coefficient (Wildman–Crippen LogP) is 3.47. The minimum Gasteiger partial charge on any atom is -0.404 e. The molecule has 47 heavy (non-hydrogen) atoms. The molecule has 4 atom stereocenters. The lowest BCUT2D eigenvalue weighted by molar-refractivity contribution is -0.161. The van der Waals surface area contributed by atoms with Crippen molar-refractivity contribution >= 4 is 29.5 Å². The fraction of sp³-hybridized carbons (Fsp3) is 0.297. The smallest absolute Gasteiger partial charge is 0.330 e. The Morgan fingerprint density at radius 1 is 0.872 bits per heavy atom. The lowest BCUT2D eigenvalue weighted by Gasteiger charge is -2.45. The molecular weight excluding hydrogens is 613 g/mol. The molecule has 4 aromatic carbocycles. The molecule has 6 rings (SSSR count). The van der Waals surface area contributed by atoms with Crippen molar-refractivity contribution in [2.45, 2.75) is 56.5 Å². The van der Waals surface area contributed by atoms with Crippen molar-refractivity contribution in [3.63, 3.8) is 0 Å². The molecule has 1 fully saturated rings. The summed E-state index contributed by atoms with van der Waals surface area (Å²) in [6, 6.07) is 35.2. The van der Waals surface area contributed by atoms with Gasteiger partial charge in [-0.2, -0.15) is 0 Å². The first-order valence-electron chi connectivity index (χ1n) is 15.7. The number of hydrogen-bond acceptors (Lipinski definition) is 7. The van der Waals surface area contributed by atoms with Gasteiger partial charge in [-0.3, -0.25) is 14.3 Å². The van der Waals surface area contributed by atoms with Gasteiger partial charge in [0.1, 0.15) is 17.8 Å². The monoisotopic (exact) mass is 652 g/mol. The van der Waals surface area contributed by atoms with Crippen LogP contribution in [0.25, 0.3) is 10.8 Å². The fourth-order valence-electron chi connectivity index (χ4n) is 6.82. The van der Waals surface area contributed by atoms with Crippen LogP contribution >= 0.6 is 0 Å². The van der Waals surface area contributed by atoms with Gasteiger partial charge in [-0.15, -0.1) is 0 Å². The van der Waals surface area contributed by atoms with E-state index >= 15 is 0 Å². The third kappa shape index (κ3) is 6.04. The molecule has 0 amide bonds. The highest BCUT2D eigenvalue weighted by molar-refractivity contribution is 6.99. The van der Waals surface area contributed by atoms with Crippen LogP contribution in [-0.4, -0.2) is 59.1 Å². The van der Waals surface area contributed by atoms with Crippen LogP contribution in [-0.2, 0) is 20.5 Å². The molecular formula is C37H40N2O7Si. The van der Waals surface area contributed by atoms with Crippen LogP contribution in [0.4, 0.5) is 0 Å². The van der Waals surface area contributed by atoms with Crippen LogP contribution in [0.3, 0.4) is 0 Å². The summed E-state index contributed by atoms with van der Waals surface area (Å²) in [5.41, 5.74) is -2.03. The summed E-state index contributed by atoms with van der Waals surface area (Å²) < 4.78 is 21.3. The van der Waals surface area contributed by atoms with E-state index in [1.165, 1.54) is 12.3 Å². The molecule has 9 nitrogen and oxygen atoms in total. The fourth-order valence-corrected chi connectivity index (χ4v) is 11.4. The van der Waals surface area contributed by atoms with Crippen LogP contribution in [0, 0.1) is 0 Å². The van der Waals surface area contributed by atoms with Crippen LogP contribution in [0.1, 0.15) is 32.6 Å². The minimum atomic E-state index is -3.12. The molecule has 1 aromatic heterocycles. The van der Waals surface area contributed by atoms with Crippen molar-refractivity contribution in [2.75, 3.05) is 13.2 Å². The van der Waals surface area contributed by atoms with E-state index in [4.69, 9.17) is 13.9 Å². The summed E-state index contributed by atoms with van der Waals surface area (Å²) >= 11 is 0. The third-order valence-electron chi connectivity index (χ3n) is 9.12. The maximum Gasteiger partial charge on any atom is 0.330 e. The highest BCUT2D eigenvalue weighted by atomic mass is 28.4. The molecule has 3 N–H and O–H groups in total. The molecule has 2 heterocycles. The molecule has 10 heteroatoms. The standard InChI is InChI=1S/C37H40N2O7Si/c1-36(2,3)47(28-16-6-4-7-17-28,29-18-8-5-9-19-29)45-25-37(24-40)33(32(42)34(46-37)39-22-21-31(41)38-35(39)43)44-23-27-15-12-14-26-13-10-11-20-30(26)27/h4-22,32-34,40,42H,23-25H2,1-3H3,(H,38,41,43)/t32?,33?,34-,37-/m0/s1. The topological polar surface area (TPSA) is 123 Å². The number of benzene rings is 4. The van der Waals surface area contributed by atoms with Crippen molar-refractivity contribution < 1.29 is 24.1 Å². The van der Waals surface area contributed by atoms with Gasteiger partial charge in [0.05, 0.1) is 19.8 Å². The molecule has 0 bridgehead atoms. The summed E-state index contributed by atoms with van der Waals surface area (Å²) in [5.74, 6) is 0. The van der Waals surface area contributed by atoms with Gasteiger partial charge in [0, 0.05) is 12.3 Å². The second kappa shape index (κ2) is 13.2. The Morgan fingerprint density at radius 3 is 2.11 bits per heavy atom. The van der Waals surface area contributed by atoms with Crippen LogP contribution in [0.2, 0.25) is 5.04 Å². The van der Waals surface area contributed by atoms with E-state index in [1.807, 2.05) is 78.9 Å². The molecule has 2 unspecified atom stereocenters. The number of hydrogen-bond donors (Lipinski definition) is 3. The Balaban J connectivity index is 1.43. The molecule has 0 spiro atoms. The predicted molar refractivity (Wildman–Crippen MR) is 183 cm³/mol. The Labute approximate surface area is 274 Å². The molecule has 244 valence electrons. The van der Waals surface area contributed by atoms with Crippen LogP contribution in [0.5, 0.6) is 0 Å². The first-order chi connectivity index (χ1) is 22.6. The summed E-state index contributed by atoms with van der Waals surface area (Å²) in [7, 11) is -3.12. The normalized spacial score (nSPS) is 21.7. The number of aliphatic hydroxyl groups excluding tert-OH is 2. The number of aromatic nitrogens is 2. The minimum absolute atomic E-state index is 0.0979. The number of H-pyrrole nitrogens is 1. The zero-order valence-electron chi connectivity index (χ0n) is 26.7. The van der Waals surface area contributed by atoms with Gasteiger partial charge >= 0.3 is 5.69 Å². The maximum absolute atomic E-state index is 12.9. The average Bonchev–Trinajstić information content (AvgIpc) is 3.35. The van der Waals surface area contributed by atoms with E-state index in [-0.39, 0.29) is 18.3 Å².